The highest BCUT2D eigenvalue weighted by Crippen LogP contribution is 2.40. The quantitative estimate of drug-likeness (QED) is 0.831. The van der Waals surface area contributed by atoms with Gasteiger partial charge in [0.05, 0.1) is 0 Å². The number of anilines is 1. The van der Waals surface area contributed by atoms with Gasteiger partial charge in [0.25, 0.3) is 0 Å². The van der Waals surface area contributed by atoms with Gasteiger partial charge in [-0.15, -0.1) is 0 Å². The molecule has 2 aliphatic heterocycles. The normalized spacial score (nSPS) is 23.9. The van der Waals surface area contributed by atoms with E-state index >= 15 is 0 Å². The van der Waals surface area contributed by atoms with Crippen LogP contribution in [-0.2, 0) is 6.54 Å². The number of rotatable bonds is 4. The lowest BCUT2D eigenvalue weighted by Gasteiger charge is -2.40. The summed E-state index contributed by atoms with van der Waals surface area (Å²) in [6, 6.07) is 11.1. The lowest BCUT2D eigenvalue weighted by Crippen LogP contribution is -2.45. The Balaban J connectivity index is 1.39. The molecule has 4 heteroatoms. The molecule has 26 heavy (non-hydrogen) atoms. The largest absolute Gasteiger partial charge is 0.340 e. The Kier molecular flexibility index (Phi) is 4.94. The van der Waals surface area contributed by atoms with E-state index in [9.17, 15) is 0 Å². The summed E-state index contributed by atoms with van der Waals surface area (Å²) in [5.74, 6) is 1.50. The van der Waals surface area contributed by atoms with Crippen LogP contribution in [0.15, 0.2) is 42.7 Å². The molecule has 0 bridgehead atoms. The lowest BCUT2D eigenvalue weighted by molar-refractivity contribution is 0.215. The van der Waals surface area contributed by atoms with Crippen molar-refractivity contribution in [3.63, 3.8) is 0 Å². The topological polar surface area (TPSA) is 32.3 Å². The van der Waals surface area contributed by atoms with Gasteiger partial charge in [0.2, 0.25) is 5.95 Å². The van der Waals surface area contributed by atoms with E-state index in [1.807, 2.05) is 18.5 Å². The fourth-order valence-corrected chi connectivity index (χ4v) is 4.60. The molecular formula is C22H30N4. The van der Waals surface area contributed by atoms with Crippen molar-refractivity contribution >= 4 is 5.95 Å². The predicted octanol–water partition coefficient (Wildman–Crippen LogP) is 4.09. The molecular weight excluding hydrogens is 320 g/mol. The van der Waals surface area contributed by atoms with Crippen molar-refractivity contribution in [2.24, 2.45) is 5.41 Å². The van der Waals surface area contributed by atoms with Crippen LogP contribution in [0, 0.1) is 5.41 Å². The van der Waals surface area contributed by atoms with Gasteiger partial charge in [-0.1, -0.05) is 38.1 Å². The molecule has 2 saturated heterocycles. The Morgan fingerprint density at radius 3 is 2.50 bits per heavy atom. The molecule has 2 aliphatic rings. The monoisotopic (exact) mass is 350 g/mol. The van der Waals surface area contributed by atoms with Crippen molar-refractivity contribution in [3.8, 4) is 0 Å². The third-order valence-corrected chi connectivity index (χ3v) is 6.07. The molecule has 1 aromatic carbocycles. The van der Waals surface area contributed by atoms with E-state index in [0.717, 1.165) is 25.6 Å². The fraction of sp³-hybridized carbons (Fsp3) is 0.545. The van der Waals surface area contributed by atoms with Gasteiger partial charge < -0.3 is 4.90 Å². The van der Waals surface area contributed by atoms with Crippen LogP contribution in [0.3, 0.4) is 0 Å². The molecule has 0 N–H and O–H groups in total. The number of aromatic nitrogens is 2. The van der Waals surface area contributed by atoms with Crippen LogP contribution in [0.2, 0.25) is 0 Å². The highest BCUT2D eigenvalue weighted by atomic mass is 15.3. The zero-order valence-corrected chi connectivity index (χ0v) is 16.1. The Hall–Kier alpha value is -1.94. The molecule has 1 unspecified atom stereocenters. The van der Waals surface area contributed by atoms with Gasteiger partial charge in [-0.25, -0.2) is 9.97 Å². The Bertz CT molecular complexity index is 713. The summed E-state index contributed by atoms with van der Waals surface area (Å²) in [5.41, 5.74) is 3.28. The van der Waals surface area contributed by atoms with Crippen LogP contribution < -0.4 is 4.90 Å². The smallest absolute Gasteiger partial charge is 0.225 e. The maximum absolute atomic E-state index is 4.47. The van der Waals surface area contributed by atoms with E-state index in [0.29, 0.717) is 11.3 Å². The van der Waals surface area contributed by atoms with Gasteiger partial charge >= 0.3 is 0 Å². The number of benzene rings is 1. The van der Waals surface area contributed by atoms with E-state index in [-0.39, 0.29) is 0 Å². The molecule has 0 amide bonds. The summed E-state index contributed by atoms with van der Waals surface area (Å²) in [7, 11) is 0. The second kappa shape index (κ2) is 7.36. The second-order valence-corrected chi connectivity index (χ2v) is 8.43. The van der Waals surface area contributed by atoms with E-state index in [1.54, 1.807) is 0 Å². The van der Waals surface area contributed by atoms with Crippen molar-refractivity contribution in [2.75, 3.05) is 31.1 Å². The van der Waals surface area contributed by atoms with E-state index in [1.165, 1.54) is 43.5 Å². The van der Waals surface area contributed by atoms with Crippen molar-refractivity contribution in [3.05, 3.63) is 53.9 Å². The van der Waals surface area contributed by atoms with Crippen molar-refractivity contribution < 1.29 is 0 Å². The zero-order chi connectivity index (χ0) is 18.0. The van der Waals surface area contributed by atoms with Crippen LogP contribution in [0.4, 0.5) is 5.95 Å². The Labute approximate surface area is 157 Å². The van der Waals surface area contributed by atoms with Gasteiger partial charge in [0, 0.05) is 44.0 Å². The number of likely N-dealkylation sites (tertiary alicyclic amines) is 1. The van der Waals surface area contributed by atoms with Crippen LogP contribution in [0.1, 0.15) is 50.2 Å². The first kappa shape index (κ1) is 17.5. The Morgan fingerprint density at radius 2 is 1.77 bits per heavy atom. The molecule has 1 atom stereocenters. The maximum Gasteiger partial charge on any atom is 0.225 e. The predicted molar refractivity (Wildman–Crippen MR) is 106 cm³/mol. The molecule has 138 valence electrons. The second-order valence-electron chi connectivity index (χ2n) is 8.43. The van der Waals surface area contributed by atoms with Crippen molar-refractivity contribution in [2.45, 2.75) is 45.6 Å². The van der Waals surface area contributed by atoms with Crippen LogP contribution in [-0.4, -0.2) is 41.0 Å². The summed E-state index contributed by atoms with van der Waals surface area (Å²) in [6.07, 6.45) is 7.57. The molecule has 2 fully saturated rings. The SMILES string of the molecule is CC(C)c1ccc(CN2CCC3(CCCN(c4ncccn4)C3)C2)cc1. The molecule has 3 heterocycles. The third-order valence-electron chi connectivity index (χ3n) is 6.07. The average molecular weight is 351 g/mol. The van der Waals surface area contributed by atoms with Gasteiger partial charge in [0.15, 0.2) is 0 Å². The minimum atomic E-state index is 0.412. The van der Waals surface area contributed by atoms with E-state index in [4.69, 9.17) is 0 Å². The van der Waals surface area contributed by atoms with Gasteiger partial charge in [0.1, 0.15) is 0 Å². The Morgan fingerprint density at radius 1 is 1.00 bits per heavy atom. The fourth-order valence-electron chi connectivity index (χ4n) is 4.60. The summed E-state index contributed by atoms with van der Waals surface area (Å²) >= 11 is 0. The van der Waals surface area contributed by atoms with Crippen LogP contribution in [0.5, 0.6) is 0 Å². The number of nitrogens with zero attached hydrogens (tertiary/aromatic N) is 4. The minimum Gasteiger partial charge on any atom is -0.340 e. The molecule has 4 rings (SSSR count). The first-order valence-corrected chi connectivity index (χ1v) is 9.97. The van der Waals surface area contributed by atoms with E-state index in [2.05, 4.69) is 57.9 Å². The van der Waals surface area contributed by atoms with Gasteiger partial charge in [-0.3, -0.25) is 4.90 Å². The molecule has 0 radical (unpaired) electrons. The lowest BCUT2D eigenvalue weighted by atomic mass is 9.79. The molecule has 0 saturated carbocycles. The third kappa shape index (κ3) is 3.75. The van der Waals surface area contributed by atoms with E-state index < -0.39 is 0 Å². The highest BCUT2D eigenvalue weighted by molar-refractivity contribution is 5.31. The molecule has 4 nitrogen and oxygen atoms in total. The first-order valence-electron chi connectivity index (χ1n) is 9.97. The van der Waals surface area contributed by atoms with Crippen molar-refractivity contribution in [1.29, 1.82) is 0 Å². The number of piperidine rings is 1. The highest BCUT2D eigenvalue weighted by Gasteiger charge is 2.41. The molecule has 2 aromatic rings. The standard InChI is InChI=1S/C22H30N4/c1-18(2)20-7-5-19(6-8-20)15-25-14-10-22(16-25)9-3-13-26(17-22)21-23-11-4-12-24-21/h4-8,11-12,18H,3,9-10,13-17H2,1-2H3. The molecule has 0 aliphatic carbocycles. The molecule has 1 spiro atoms. The summed E-state index contributed by atoms with van der Waals surface area (Å²) in [5, 5.41) is 0. The molecule has 1 aromatic heterocycles. The van der Waals surface area contributed by atoms with Crippen LogP contribution in [0.25, 0.3) is 0 Å². The summed E-state index contributed by atoms with van der Waals surface area (Å²) in [6.45, 7) is 10.2. The summed E-state index contributed by atoms with van der Waals surface area (Å²) in [4.78, 5) is 14.0. The first-order chi connectivity index (χ1) is 12.6. The number of hydrogen-bond acceptors (Lipinski definition) is 4. The van der Waals surface area contributed by atoms with Gasteiger partial charge in [-0.2, -0.15) is 0 Å². The minimum absolute atomic E-state index is 0.412. The number of hydrogen-bond donors (Lipinski definition) is 0. The average Bonchev–Trinajstić information content (AvgIpc) is 3.04. The zero-order valence-electron chi connectivity index (χ0n) is 16.1. The van der Waals surface area contributed by atoms with Gasteiger partial charge in [-0.05, 0) is 48.9 Å². The van der Waals surface area contributed by atoms with Crippen LogP contribution >= 0.6 is 0 Å². The summed E-state index contributed by atoms with van der Waals surface area (Å²) < 4.78 is 0. The van der Waals surface area contributed by atoms with Crippen molar-refractivity contribution in [1.82, 2.24) is 14.9 Å². The maximum atomic E-state index is 4.47.